The van der Waals surface area contributed by atoms with Crippen molar-refractivity contribution in [3.05, 3.63) is 35.2 Å². The number of carbonyl (C=O) groups excluding carboxylic acids is 2. The maximum absolute atomic E-state index is 12.6. The number of nitrogens with zero attached hydrogens (tertiary/aromatic N) is 1. The van der Waals surface area contributed by atoms with E-state index in [2.05, 4.69) is 10.5 Å². The van der Waals surface area contributed by atoms with Gasteiger partial charge in [-0.3, -0.25) is 9.59 Å². The summed E-state index contributed by atoms with van der Waals surface area (Å²) in [5, 5.41) is 6.29. The smallest absolute Gasteiger partial charge is 0.303 e. The number of anilines is 1. The fourth-order valence-electron chi connectivity index (χ4n) is 2.45. The van der Waals surface area contributed by atoms with Crippen LogP contribution in [0, 0.1) is 6.92 Å². The Kier molecular flexibility index (Phi) is 4.45. The van der Waals surface area contributed by atoms with Crippen LogP contribution < -0.4 is 14.8 Å². The molecule has 3 rings (SSSR count). The normalized spacial score (nSPS) is 16.4. The largest absolute Gasteiger partial charge is 0.479 e. The van der Waals surface area contributed by atoms with Crippen LogP contribution in [0.3, 0.4) is 0 Å². The number of carbonyl (C=O) groups is 2. The van der Waals surface area contributed by atoms with Crippen LogP contribution in [0.15, 0.2) is 27.6 Å². The van der Waals surface area contributed by atoms with Gasteiger partial charge in [0.15, 0.2) is 6.10 Å². The number of aromatic nitrogens is 1. The Morgan fingerprint density at radius 2 is 2.08 bits per heavy atom. The van der Waals surface area contributed by atoms with E-state index in [0.29, 0.717) is 23.4 Å². The van der Waals surface area contributed by atoms with Crippen LogP contribution in [0.4, 0.5) is 5.69 Å². The molecule has 2 amide bonds. The van der Waals surface area contributed by atoms with Crippen LogP contribution in [0.1, 0.15) is 35.7 Å². The summed E-state index contributed by atoms with van der Waals surface area (Å²) >= 11 is 0. The summed E-state index contributed by atoms with van der Waals surface area (Å²) in [4.78, 5) is 23.7. The molecule has 1 aromatic heterocycles. The maximum atomic E-state index is 12.6. The highest BCUT2D eigenvalue weighted by atomic mass is 32.2. The molecule has 10 heteroatoms. The molecule has 0 spiro atoms. The van der Waals surface area contributed by atoms with Gasteiger partial charge in [0.1, 0.15) is 5.75 Å². The van der Waals surface area contributed by atoms with Crippen molar-refractivity contribution in [2.24, 2.45) is 0 Å². The number of hydrogen-bond donors (Lipinski definition) is 2. The van der Waals surface area contributed by atoms with Crippen LogP contribution in [0.2, 0.25) is 0 Å². The van der Waals surface area contributed by atoms with Crippen molar-refractivity contribution in [3.8, 4) is 5.75 Å². The summed E-state index contributed by atoms with van der Waals surface area (Å²) in [6, 6.07) is 4.13. The molecule has 0 aliphatic carbocycles. The Morgan fingerprint density at radius 3 is 2.73 bits per heavy atom. The fraction of sp³-hybridized carbons (Fsp3) is 0.312. The first-order chi connectivity index (χ1) is 12.2. The van der Waals surface area contributed by atoms with Gasteiger partial charge in [-0.15, -0.1) is 0 Å². The molecule has 138 valence electrons. The lowest BCUT2D eigenvalue weighted by molar-refractivity contribution is -0.122. The van der Waals surface area contributed by atoms with Crippen molar-refractivity contribution in [3.63, 3.8) is 0 Å². The second-order valence-corrected chi connectivity index (χ2v) is 7.48. The summed E-state index contributed by atoms with van der Waals surface area (Å²) in [6.07, 6.45) is -0.202. The Morgan fingerprint density at radius 1 is 1.35 bits per heavy atom. The molecular formula is C16H17N3O6S. The Balaban J connectivity index is 1.91. The van der Waals surface area contributed by atoms with Gasteiger partial charge in [0.25, 0.3) is 15.9 Å². The minimum absolute atomic E-state index is 0.136. The number of benzene rings is 1. The number of ether oxygens (including phenoxy) is 1. The summed E-state index contributed by atoms with van der Waals surface area (Å²) in [7, 11) is -4.18. The van der Waals surface area contributed by atoms with Crippen LogP contribution in [-0.2, 0) is 21.2 Å². The predicted molar refractivity (Wildman–Crippen MR) is 90.4 cm³/mol. The molecule has 1 aliphatic heterocycles. The molecule has 0 unspecified atom stereocenters. The average molecular weight is 379 g/mol. The molecule has 1 aromatic carbocycles. The number of hydrogen-bond acceptors (Lipinski definition) is 7. The quantitative estimate of drug-likeness (QED) is 0.821. The lowest BCUT2D eigenvalue weighted by Gasteiger charge is -2.24. The molecule has 0 saturated heterocycles. The van der Waals surface area contributed by atoms with Gasteiger partial charge < -0.3 is 14.6 Å². The van der Waals surface area contributed by atoms with Gasteiger partial charge in [-0.05, 0) is 31.9 Å². The standard InChI is InChI=1S/C16H17N3O6S/c1-4-10-6-13(25-18-10)16(21)19-26(22,23)14-7-12-11(5-8(14)2)17-15(20)9(3)24-12/h5-7,9H,4H2,1-3H3,(H,17,20)(H,19,21)/t9-/m0/s1. The first-order valence-electron chi connectivity index (χ1n) is 7.86. The lowest BCUT2D eigenvalue weighted by atomic mass is 10.1. The molecule has 0 saturated carbocycles. The zero-order valence-corrected chi connectivity index (χ0v) is 15.1. The number of amides is 2. The summed E-state index contributed by atoms with van der Waals surface area (Å²) in [6.45, 7) is 4.92. The van der Waals surface area contributed by atoms with E-state index in [9.17, 15) is 18.0 Å². The molecular weight excluding hydrogens is 362 g/mol. The zero-order valence-electron chi connectivity index (χ0n) is 14.3. The summed E-state index contributed by atoms with van der Waals surface area (Å²) in [5.41, 5.74) is 1.25. The number of rotatable bonds is 4. The van der Waals surface area contributed by atoms with Crippen molar-refractivity contribution in [2.45, 2.75) is 38.2 Å². The van der Waals surface area contributed by atoms with Crippen molar-refractivity contribution in [1.82, 2.24) is 9.88 Å². The van der Waals surface area contributed by atoms with Gasteiger partial charge in [0, 0.05) is 12.1 Å². The van der Waals surface area contributed by atoms with Gasteiger partial charge in [0.05, 0.1) is 16.3 Å². The molecule has 26 heavy (non-hydrogen) atoms. The van der Waals surface area contributed by atoms with E-state index in [0.717, 1.165) is 0 Å². The topological polar surface area (TPSA) is 128 Å². The third-order valence-electron chi connectivity index (χ3n) is 3.87. The molecule has 1 aliphatic rings. The van der Waals surface area contributed by atoms with Gasteiger partial charge >= 0.3 is 5.91 Å². The maximum Gasteiger partial charge on any atom is 0.303 e. The van der Waals surface area contributed by atoms with Crippen LogP contribution in [0.5, 0.6) is 5.75 Å². The van der Waals surface area contributed by atoms with E-state index < -0.39 is 22.0 Å². The van der Waals surface area contributed by atoms with Crippen molar-refractivity contribution < 1.29 is 27.3 Å². The average Bonchev–Trinajstić information content (AvgIpc) is 3.04. The molecule has 0 fully saturated rings. The third kappa shape index (κ3) is 3.27. The van der Waals surface area contributed by atoms with Gasteiger partial charge in [-0.1, -0.05) is 12.1 Å². The van der Waals surface area contributed by atoms with E-state index in [1.165, 1.54) is 18.2 Å². The number of fused-ring (bicyclic) bond motifs is 1. The minimum Gasteiger partial charge on any atom is -0.479 e. The SMILES string of the molecule is CCc1cc(C(=O)NS(=O)(=O)c2cc3c(cc2C)NC(=O)[C@H](C)O3)on1. The van der Waals surface area contributed by atoms with Gasteiger partial charge in [-0.2, -0.15) is 0 Å². The Hall–Kier alpha value is -2.88. The van der Waals surface area contributed by atoms with E-state index in [-0.39, 0.29) is 22.3 Å². The fourth-order valence-corrected chi connectivity index (χ4v) is 3.64. The molecule has 0 bridgehead atoms. The van der Waals surface area contributed by atoms with Gasteiger partial charge in [0.2, 0.25) is 5.76 Å². The van der Waals surface area contributed by atoms with Crippen LogP contribution in [0.25, 0.3) is 0 Å². The highest BCUT2D eigenvalue weighted by molar-refractivity contribution is 7.90. The molecule has 2 N–H and O–H groups in total. The first kappa shape index (κ1) is 17.9. The second-order valence-electron chi connectivity index (χ2n) is 5.83. The monoisotopic (exact) mass is 379 g/mol. The third-order valence-corrected chi connectivity index (χ3v) is 5.34. The van der Waals surface area contributed by atoms with Crippen LogP contribution in [-0.4, -0.2) is 31.5 Å². The van der Waals surface area contributed by atoms with E-state index in [4.69, 9.17) is 9.26 Å². The number of nitrogens with one attached hydrogen (secondary N) is 2. The van der Waals surface area contributed by atoms with Crippen molar-refractivity contribution in [2.75, 3.05) is 5.32 Å². The van der Waals surface area contributed by atoms with E-state index in [1.807, 2.05) is 11.6 Å². The zero-order chi connectivity index (χ0) is 19.1. The van der Waals surface area contributed by atoms with Crippen molar-refractivity contribution >= 4 is 27.5 Å². The molecule has 9 nitrogen and oxygen atoms in total. The van der Waals surface area contributed by atoms with E-state index in [1.54, 1.807) is 13.8 Å². The molecule has 0 radical (unpaired) electrons. The minimum atomic E-state index is -4.18. The van der Waals surface area contributed by atoms with Gasteiger partial charge in [-0.25, -0.2) is 13.1 Å². The second kappa shape index (κ2) is 6.45. The van der Waals surface area contributed by atoms with Crippen molar-refractivity contribution in [1.29, 1.82) is 0 Å². The lowest BCUT2D eigenvalue weighted by Crippen LogP contribution is -2.35. The van der Waals surface area contributed by atoms with Crippen LogP contribution >= 0.6 is 0 Å². The highest BCUT2D eigenvalue weighted by Crippen LogP contribution is 2.34. The number of sulfonamides is 1. The Labute approximate surface area is 149 Å². The molecule has 2 aromatic rings. The first-order valence-corrected chi connectivity index (χ1v) is 9.34. The number of aryl methyl sites for hydroxylation is 2. The summed E-state index contributed by atoms with van der Waals surface area (Å²) in [5.74, 6) is -1.23. The Bertz CT molecular complexity index is 995. The summed E-state index contributed by atoms with van der Waals surface area (Å²) < 4.78 is 37.4. The highest BCUT2D eigenvalue weighted by Gasteiger charge is 2.29. The predicted octanol–water partition coefficient (Wildman–Crippen LogP) is 1.38. The molecule has 2 heterocycles. The molecule has 1 atom stereocenters. The van der Waals surface area contributed by atoms with E-state index >= 15 is 0 Å².